The first-order valence-electron chi connectivity index (χ1n) is 9.44. The van der Waals surface area contributed by atoms with Crippen LogP contribution in [0.3, 0.4) is 0 Å². The Morgan fingerprint density at radius 2 is 1.53 bits per heavy atom. The van der Waals surface area contributed by atoms with Crippen LogP contribution in [0.4, 0.5) is 13.2 Å². The first-order valence-corrected chi connectivity index (χ1v) is 9.81. The molecule has 0 heterocycles. The summed E-state index contributed by atoms with van der Waals surface area (Å²) in [4.78, 5) is 0. The van der Waals surface area contributed by atoms with Gasteiger partial charge < -0.3 is 9.47 Å². The smallest absolute Gasteiger partial charge is 0.380 e. The summed E-state index contributed by atoms with van der Waals surface area (Å²) in [6.45, 7) is 0.00545. The highest BCUT2D eigenvalue weighted by Gasteiger charge is 2.40. The molecule has 0 aliphatic carbocycles. The summed E-state index contributed by atoms with van der Waals surface area (Å²) < 4.78 is 51.2. The van der Waals surface area contributed by atoms with Gasteiger partial charge in [0.25, 0.3) is 0 Å². The van der Waals surface area contributed by atoms with Gasteiger partial charge in [-0.15, -0.1) is 0 Å². The second kappa shape index (κ2) is 10.1. The third-order valence-corrected chi connectivity index (χ3v) is 5.00. The zero-order valence-corrected chi connectivity index (χ0v) is 17.2. The predicted molar refractivity (Wildman–Crippen MR) is 112 cm³/mol. The highest BCUT2D eigenvalue weighted by Crippen LogP contribution is 2.35. The maximum Gasteiger partial charge on any atom is 0.397 e. The molecule has 0 spiro atoms. The van der Waals surface area contributed by atoms with Crippen LogP contribution in [-0.2, 0) is 22.7 Å². The van der Waals surface area contributed by atoms with Crippen molar-refractivity contribution in [1.82, 2.24) is 0 Å². The largest absolute Gasteiger partial charge is 0.397 e. The van der Waals surface area contributed by atoms with Gasteiger partial charge in [-0.3, -0.25) is 0 Å². The summed E-state index contributed by atoms with van der Waals surface area (Å²) >= 11 is 5.92. The molecular formula is C24H22ClF3O2. The van der Waals surface area contributed by atoms with Crippen LogP contribution >= 0.6 is 11.6 Å². The molecule has 3 rings (SSSR count). The maximum atomic E-state index is 13.6. The Kier molecular flexibility index (Phi) is 7.53. The molecule has 0 fully saturated rings. The number of hydrogen-bond acceptors (Lipinski definition) is 2. The molecule has 1 unspecified atom stereocenters. The van der Waals surface area contributed by atoms with Gasteiger partial charge in [0, 0.05) is 12.1 Å². The van der Waals surface area contributed by atoms with E-state index >= 15 is 0 Å². The van der Waals surface area contributed by atoms with Gasteiger partial charge >= 0.3 is 6.18 Å². The van der Waals surface area contributed by atoms with E-state index in [9.17, 15) is 13.2 Å². The Hall–Kier alpha value is -2.34. The maximum absolute atomic E-state index is 13.6. The Balaban J connectivity index is 1.66. The summed E-state index contributed by atoms with van der Waals surface area (Å²) in [5, 5.41) is 0.645. The zero-order valence-electron chi connectivity index (χ0n) is 16.5. The molecule has 0 aromatic heterocycles. The fourth-order valence-electron chi connectivity index (χ4n) is 3.17. The van der Waals surface area contributed by atoms with Gasteiger partial charge in [0.15, 0.2) is 0 Å². The number of ether oxygens (including phenoxy) is 2. The summed E-state index contributed by atoms with van der Waals surface area (Å²) in [6, 6.07) is 21.2. The second-order valence-corrected chi connectivity index (χ2v) is 7.43. The van der Waals surface area contributed by atoms with Gasteiger partial charge in [-0.2, -0.15) is 13.2 Å². The molecule has 0 N–H and O–H groups in total. The summed E-state index contributed by atoms with van der Waals surface area (Å²) in [5.41, 5.74) is 3.73. The normalized spacial score (nSPS) is 12.7. The molecule has 158 valence electrons. The summed E-state index contributed by atoms with van der Waals surface area (Å²) in [6.07, 6.45) is -4.39. The Morgan fingerprint density at radius 3 is 2.17 bits per heavy atom. The van der Waals surface area contributed by atoms with Crippen molar-refractivity contribution in [3.05, 3.63) is 94.5 Å². The molecular weight excluding hydrogens is 413 g/mol. The van der Waals surface area contributed by atoms with Crippen LogP contribution in [0.5, 0.6) is 0 Å². The van der Waals surface area contributed by atoms with Crippen molar-refractivity contribution in [1.29, 1.82) is 0 Å². The van der Waals surface area contributed by atoms with Gasteiger partial charge in [-0.1, -0.05) is 66.2 Å². The molecule has 0 saturated carbocycles. The highest BCUT2D eigenvalue weighted by molar-refractivity contribution is 6.30. The minimum absolute atomic E-state index is 0.0930. The van der Waals surface area contributed by atoms with Gasteiger partial charge in [0.1, 0.15) is 5.92 Å². The van der Waals surface area contributed by atoms with Crippen molar-refractivity contribution >= 4 is 11.6 Å². The minimum Gasteiger partial charge on any atom is -0.380 e. The van der Waals surface area contributed by atoms with E-state index in [2.05, 4.69) is 0 Å². The molecule has 6 heteroatoms. The number of alkyl halides is 3. The lowest BCUT2D eigenvalue weighted by Gasteiger charge is -2.21. The van der Waals surface area contributed by atoms with Crippen molar-refractivity contribution in [2.45, 2.75) is 25.3 Å². The van der Waals surface area contributed by atoms with Crippen LogP contribution in [0, 0.1) is 0 Å². The lowest BCUT2D eigenvalue weighted by Crippen LogP contribution is -2.25. The topological polar surface area (TPSA) is 18.5 Å². The lowest BCUT2D eigenvalue weighted by atomic mass is 9.98. The Bertz CT molecular complexity index is 938. The molecule has 2 nitrogen and oxygen atoms in total. The fraction of sp³-hybridized carbons (Fsp3) is 0.250. The molecule has 3 aromatic rings. The highest BCUT2D eigenvalue weighted by atomic mass is 35.5. The third kappa shape index (κ3) is 6.08. The molecule has 0 amide bonds. The fourth-order valence-corrected chi connectivity index (χ4v) is 3.30. The minimum atomic E-state index is -4.39. The summed E-state index contributed by atoms with van der Waals surface area (Å²) in [7, 11) is 1.54. The van der Waals surface area contributed by atoms with Crippen LogP contribution in [0.2, 0.25) is 5.02 Å². The first kappa shape index (κ1) is 22.3. The lowest BCUT2D eigenvalue weighted by molar-refractivity contribution is -0.163. The average Bonchev–Trinajstić information content (AvgIpc) is 2.72. The van der Waals surface area contributed by atoms with E-state index in [4.69, 9.17) is 21.1 Å². The standard InChI is InChI=1S/C24H22ClF3O2/c1-29-14-17-5-7-20(8-6-17)23(24(26,27)28)16-30-15-18-3-2-4-21(13-18)19-9-11-22(25)12-10-19/h2-13,23H,14-16H2,1H3. The van der Waals surface area contributed by atoms with Crippen LogP contribution in [-0.4, -0.2) is 19.9 Å². The average molecular weight is 435 g/mol. The second-order valence-electron chi connectivity index (χ2n) is 6.99. The van der Waals surface area contributed by atoms with E-state index in [1.165, 1.54) is 12.1 Å². The van der Waals surface area contributed by atoms with E-state index in [0.717, 1.165) is 22.3 Å². The summed E-state index contributed by atoms with van der Waals surface area (Å²) in [5.74, 6) is -1.69. The number of rotatable bonds is 8. The molecule has 1 atom stereocenters. The number of halogens is 4. The number of benzene rings is 3. The van der Waals surface area contributed by atoms with E-state index in [-0.39, 0.29) is 12.2 Å². The van der Waals surface area contributed by atoms with Crippen molar-refractivity contribution in [3.63, 3.8) is 0 Å². The van der Waals surface area contributed by atoms with E-state index in [1.807, 2.05) is 36.4 Å². The zero-order chi connectivity index (χ0) is 21.6. The quantitative estimate of drug-likeness (QED) is 0.379. The van der Waals surface area contributed by atoms with Crippen molar-refractivity contribution in [2.75, 3.05) is 13.7 Å². The molecule has 30 heavy (non-hydrogen) atoms. The monoisotopic (exact) mass is 434 g/mol. The van der Waals surface area contributed by atoms with Crippen LogP contribution in [0.25, 0.3) is 11.1 Å². The molecule has 3 aromatic carbocycles. The molecule has 0 aliphatic heterocycles. The number of hydrogen-bond donors (Lipinski definition) is 0. The van der Waals surface area contributed by atoms with Crippen molar-refractivity contribution in [3.8, 4) is 11.1 Å². The molecule has 0 bridgehead atoms. The molecule has 0 radical (unpaired) electrons. The third-order valence-electron chi connectivity index (χ3n) is 4.75. The van der Waals surface area contributed by atoms with Crippen molar-refractivity contribution < 1.29 is 22.6 Å². The van der Waals surface area contributed by atoms with E-state index in [1.54, 1.807) is 31.4 Å². The van der Waals surface area contributed by atoms with Crippen LogP contribution < -0.4 is 0 Å². The number of methoxy groups -OCH3 is 1. The van der Waals surface area contributed by atoms with Gasteiger partial charge in [0.05, 0.1) is 19.8 Å². The van der Waals surface area contributed by atoms with Crippen LogP contribution in [0.1, 0.15) is 22.6 Å². The first-order chi connectivity index (χ1) is 14.4. The van der Waals surface area contributed by atoms with Crippen LogP contribution in [0.15, 0.2) is 72.8 Å². The van der Waals surface area contributed by atoms with Gasteiger partial charge in [-0.05, 0) is 46.0 Å². The Labute approximate surface area is 179 Å². The van der Waals surface area contributed by atoms with Crippen molar-refractivity contribution in [2.24, 2.45) is 0 Å². The van der Waals surface area contributed by atoms with E-state index in [0.29, 0.717) is 11.6 Å². The van der Waals surface area contributed by atoms with E-state index < -0.39 is 18.7 Å². The predicted octanol–water partition coefficient (Wildman–Crippen LogP) is 7.02. The SMILES string of the molecule is COCc1ccc(C(COCc2cccc(-c3ccc(Cl)cc3)c2)C(F)(F)F)cc1. The molecule has 0 aliphatic rings. The molecule has 0 saturated heterocycles. The Morgan fingerprint density at radius 1 is 0.833 bits per heavy atom. The van der Waals surface area contributed by atoms with Gasteiger partial charge in [-0.25, -0.2) is 0 Å². The van der Waals surface area contributed by atoms with Gasteiger partial charge in [0.2, 0.25) is 0 Å².